The summed E-state index contributed by atoms with van der Waals surface area (Å²) in [7, 11) is 0. The summed E-state index contributed by atoms with van der Waals surface area (Å²) in [4.78, 5) is 36.0. The molecule has 0 fully saturated rings. The second kappa shape index (κ2) is 6.53. The lowest BCUT2D eigenvalue weighted by Gasteiger charge is -2.08. The number of nitrogens with one attached hydrogen (secondary N) is 2. The van der Waals surface area contributed by atoms with Gasteiger partial charge in [0.2, 0.25) is 0 Å². The molecule has 114 valence electrons. The maximum absolute atomic E-state index is 11.7. The van der Waals surface area contributed by atoms with E-state index >= 15 is 0 Å². The minimum atomic E-state index is -0.638. The lowest BCUT2D eigenvalue weighted by molar-refractivity contribution is -0.384. The number of carbonyl (C=O) groups is 2. The van der Waals surface area contributed by atoms with Gasteiger partial charge in [-0.05, 0) is 30.7 Å². The van der Waals surface area contributed by atoms with Crippen LogP contribution in [0.25, 0.3) is 0 Å². The fourth-order valence-electron chi connectivity index (χ4n) is 1.75. The number of benzene rings is 1. The number of nitro benzene ring substituents is 1. The van der Waals surface area contributed by atoms with Gasteiger partial charge in [0.05, 0.1) is 4.92 Å². The van der Waals surface area contributed by atoms with E-state index in [1.54, 1.807) is 19.2 Å². The number of carbonyl (C=O) groups excluding carboxylic acids is 2. The van der Waals surface area contributed by atoms with Gasteiger partial charge in [0.25, 0.3) is 11.6 Å². The van der Waals surface area contributed by atoms with Gasteiger partial charge in [-0.2, -0.15) is 0 Å². The van der Waals surface area contributed by atoms with Crippen LogP contribution in [0.1, 0.15) is 16.1 Å². The van der Waals surface area contributed by atoms with Crippen molar-refractivity contribution in [2.24, 2.45) is 0 Å². The molecule has 0 radical (unpaired) electrons. The molecule has 1 amide bonds. The molecule has 1 aromatic carbocycles. The van der Waals surface area contributed by atoms with Crippen molar-refractivity contribution in [3.05, 3.63) is 57.9 Å². The number of nitrogens with zero attached hydrogens (tertiary/aromatic N) is 1. The first-order chi connectivity index (χ1) is 10.5. The van der Waals surface area contributed by atoms with Gasteiger partial charge in [0.15, 0.2) is 6.61 Å². The number of rotatable bonds is 5. The van der Waals surface area contributed by atoms with Crippen LogP contribution >= 0.6 is 0 Å². The molecule has 0 unspecified atom stereocenters. The highest BCUT2D eigenvalue weighted by Gasteiger charge is 2.13. The summed E-state index contributed by atoms with van der Waals surface area (Å²) >= 11 is 0. The Morgan fingerprint density at radius 3 is 2.73 bits per heavy atom. The molecule has 8 heteroatoms. The second-order valence-electron chi connectivity index (χ2n) is 4.46. The molecule has 0 spiro atoms. The van der Waals surface area contributed by atoms with Crippen molar-refractivity contribution in [2.75, 3.05) is 11.9 Å². The molecule has 2 rings (SSSR count). The number of aromatic amines is 1. The van der Waals surface area contributed by atoms with Crippen molar-refractivity contribution >= 4 is 23.3 Å². The Kier molecular flexibility index (Phi) is 4.52. The van der Waals surface area contributed by atoms with Gasteiger partial charge in [-0.15, -0.1) is 0 Å². The number of H-pyrrole nitrogens is 1. The Bertz CT molecular complexity index is 709. The number of nitro groups is 1. The van der Waals surface area contributed by atoms with Gasteiger partial charge in [-0.3, -0.25) is 14.9 Å². The smallest absolute Gasteiger partial charge is 0.355 e. The lowest BCUT2D eigenvalue weighted by atomic mass is 10.2. The minimum Gasteiger partial charge on any atom is -0.451 e. The molecule has 2 N–H and O–H groups in total. The first kappa shape index (κ1) is 15.2. The van der Waals surface area contributed by atoms with Crippen molar-refractivity contribution in [3.63, 3.8) is 0 Å². The number of hydrogen-bond acceptors (Lipinski definition) is 5. The van der Waals surface area contributed by atoms with Crippen LogP contribution in [-0.2, 0) is 9.53 Å². The van der Waals surface area contributed by atoms with Crippen molar-refractivity contribution in [3.8, 4) is 0 Å². The molecule has 0 aliphatic rings. The Hall–Kier alpha value is -3.16. The summed E-state index contributed by atoms with van der Waals surface area (Å²) in [5.74, 6) is -1.17. The van der Waals surface area contributed by atoms with Crippen LogP contribution in [0.5, 0.6) is 0 Å². The van der Waals surface area contributed by atoms with E-state index < -0.39 is 23.4 Å². The van der Waals surface area contributed by atoms with Gasteiger partial charge in [0, 0.05) is 24.0 Å². The second-order valence-corrected chi connectivity index (χ2v) is 4.46. The molecule has 0 saturated carbocycles. The number of aromatic nitrogens is 1. The van der Waals surface area contributed by atoms with Crippen molar-refractivity contribution in [2.45, 2.75) is 6.92 Å². The van der Waals surface area contributed by atoms with E-state index in [-0.39, 0.29) is 11.4 Å². The molecule has 0 saturated heterocycles. The predicted molar refractivity (Wildman–Crippen MR) is 77.5 cm³/mol. The predicted octanol–water partition coefficient (Wildman–Crippen LogP) is 2.03. The third-order valence-corrected chi connectivity index (χ3v) is 2.85. The highest BCUT2D eigenvalue weighted by Crippen LogP contribution is 2.21. The van der Waals surface area contributed by atoms with E-state index in [4.69, 9.17) is 4.74 Å². The van der Waals surface area contributed by atoms with E-state index in [9.17, 15) is 19.7 Å². The van der Waals surface area contributed by atoms with Crippen molar-refractivity contribution in [1.82, 2.24) is 4.98 Å². The Balaban J connectivity index is 1.92. The Morgan fingerprint density at radius 2 is 2.14 bits per heavy atom. The van der Waals surface area contributed by atoms with Gasteiger partial charge >= 0.3 is 5.97 Å². The molecule has 22 heavy (non-hydrogen) atoms. The molecular formula is C14H13N3O5. The van der Waals surface area contributed by atoms with Gasteiger partial charge in [0.1, 0.15) is 5.69 Å². The largest absolute Gasteiger partial charge is 0.451 e. The molecule has 0 atom stereocenters. The van der Waals surface area contributed by atoms with E-state index in [0.717, 1.165) is 0 Å². The fraction of sp³-hybridized carbons (Fsp3) is 0.143. The highest BCUT2D eigenvalue weighted by atomic mass is 16.6. The van der Waals surface area contributed by atoms with Crippen LogP contribution < -0.4 is 5.32 Å². The average Bonchev–Trinajstić information content (AvgIpc) is 3.01. The van der Waals surface area contributed by atoms with Crippen LogP contribution in [-0.4, -0.2) is 28.4 Å². The summed E-state index contributed by atoms with van der Waals surface area (Å²) in [6.45, 7) is 1.18. The number of aryl methyl sites for hydroxylation is 1. The number of amides is 1. The zero-order valence-corrected chi connectivity index (χ0v) is 11.7. The highest BCUT2D eigenvalue weighted by molar-refractivity contribution is 5.95. The monoisotopic (exact) mass is 303 g/mol. The maximum atomic E-state index is 11.7. The fourth-order valence-corrected chi connectivity index (χ4v) is 1.75. The number of anilines is 1. The van der Waals surface area contributed by atoms with Crippen LogP contribution in [0.15, 0.2) is 36.5 Å². The Morgan fingerprint density at radius 1 is 1.36 bits per heavy atom. The van der Waals surface area contributed by atoms with Crippen LogP contribution in [0.4, 0.5) is 11.4 Å². The molecule has 0 bridgehead atoms. The molecule has 1 heterocycles. The third-order valence-electron chi connectivity index (χ3n) is 2.85. The lowest BCUT2D eigenvalue weighted by Crippen LogP contribution is -2.21. The maximum Gasteiger partial charge on any atom is 0.355 e. The average molecular weight is 303 g/mol. The summed E-state index contributed by atoms with van der Waals surface area (Å²) < 4.78 is 4.83. The first-order valence-electron chi connectivity index (χ1n) is 6.33. The number of non-ortho nitro benzene ring substituents is 1. The van der Waals surface area contributed by atoms with Crippen molar-refractivity contribution in [1.29, 1.82) is 0 Å². The molecule has 1 aromatic heterocycles. The SMILES string of the molecule is Cc1cc([N+](=O)[O-])ccc1NC(=O)COC(=O)c1ccc[nH]1. The van der Waals surface area contributed by atoms with Crippen LogP contribution in [0, 0.1) is 17.0 Å². The Labute approximate surface area is 125 Å². The van der Waals surface area contributed by atoms with Gasteiger partial charge < -0.3 is 15.0 Å². The van der Waals surface area contributed by atoms with Crippen LogP contribution in [0.2, 0.25) is 0 Å². The summed E-state index contributed by atoms with van der Waals surface area (Å²) in [5, 5.41) is 13.2. The summed E-state index contributed by atoms with van der Waals surface area (Å²) in [5.41, 5.74) is 1.15. The van der Waals surface area contributed by atoms with E-state index in [0.29, 0.717) is 11.3 Å². The molecule has 2 aromatic rings. The number of esters is 1. The van der Waals surface area contributed by atoms with Crippen molar-refractivity contribution < 1.29 is 19.2 Å². The molecule has 0 aliphatic heterocycles. The normalized spacial score (nSPS) is 10.0. The van der Waals surface area contributed by atoms with E-state index in [1.807, 2.05) is 0 Å². The summed E-state index contributed by atoms with van der Waals surface area (Å²) in [6, 6.07) is 7.23. The molecule has 0 aliphatic carbocycles. The minimum absolute atomic E-state index is 0.0614. The third kappa shape index (κ3) is 3.69. The first-order valence-corrected chi connectivity index (χ1v) is 6.33. The molecule has 8 nitrogen and oxygen atoms in total. The quantitative estimate of drug-likeness (QED) is 0.498. The number of ether oxygens (including phenoxy) is 1. The van der Waals surface area contributed by atoms with E-state index in [1.165, 1.54) is 24.3 Å². The zero-order valence-electron chi connectivity index (χ0n) is 11.7. The van der Waals surface area contributed by atoms with E-state index in [2.05, 4.69) is 10.3 Å². The summed E-state index contributed by atoms with van der Waals surface area (Å²) in [6.07, 6.45) is 1.57. The standard InChI is InChI=1S/C14H13N3O5/c1-9-7-10(17(20)21)4-5-11(9)16-13(18)8-22-14(19)12-3-2-6-15-12/h2-7,15H,8H2,1H3,(H,16,18). The van der Waals surface area contributed by atoms with Crippen LogP contribution in [0.3, 0.4) is 0 Å². The van der Waals surface area contributed by atoms with Gasteiger partial charge in [-0.25, -0.2) is 4.79 Å². The number of hydrogen-bond donors (Lipinski definition) is 2. The van der Waals surface area contributed by atoms with Gasteiger partial charge in [-0.1, -0.05) is 0 Å². The zero-order chi connectivity index (χ0) is 16.1. The topological polar surface area (TPSA) is 114 Å². The molecular weight excluding hydrogens is 290 g/mol.